The van der Waals surface area contributed by atoms with Crippen molar-refractivity contribution in [3.05, 3.63) is 45.5 Å². The summed E-state index contributed by atoms with van der Waals surface area (Å²) in [5.41, 5.74) is 12.7. The predicted molar refractivity (Wildman–Crippen MR) is 81.5 cm³/mol. The molecule has 0 aromatic heterocycles. The molecule has 0 heterocycles. The number of benzene rings is 1. The van der Waals surface area contributed by atoms with E-state index in [-0.39, 0.29) is 11.1 Å². The maximum atomic E-state index is 11.1. The van der Waals surface area contributed by atoms with E-state index in [1.54, 1.807) is 38.1 Å². The van der Waals surface area contributed by atoms with Crippen molar-refractivity contribution in [1.29, 1.82) is 10.5 Å². The number of amides is 2. The molecule has 1 rings (SSSR count). The summed E-state index contributed by atoms with van der Waals surface area (Å²) >= 11 is 0. The van der Waals surface area contributed by atoms with Crippen LogP contribution in [-0.2, 0) is 9.59 Å². The topological polar surface area (TPSA) is 134 Å². The van der Waals surface area contributed by atoms with E-state index in [1.165, 1.54) is 12.2 Å². The van der Waals surface area contributed by atoms with Crippen molar-refractivity contribution in [3.63, 3.8) is 0 Å². The zero-order chi connectivity index (χ0) is 16.9. The van der Waals surface area contributed by atoms with Crippen molar-refractivity contribution < 1.29 is 9.59 Å². The molecule has 0 bridgehead atoms. The van der Waals surface area contributed by atoms with Gasteiger partial charge in [-0.05, 0) is 48.3 Å². The summed E-state index contributed by atoms with van der Waals surface area (Å²) in [6.07, 6.45) is 2.80. The molecule has 4 N–H and O–H groups in total. The molecule has 0 spiro atoms. The third-order valence-corrected chi connectivity index (χ3v) is 3.03. The summed E-state index contributed by atoms with van der Waals surface area (Å²) in [5, 5.41) is 17.7. The standard InChI is InChI=1S/C16H14N4O2/c1-9-3-12(6-14(8-18)16(20)22)10(2)4-11(9)5-13(7-17)15(19)21/h3-6H,1-2H3,(H2,19,21)(H2,20,22)/b13-5-,14-6+. The highest BCUT2D eigenvalue weighted by atomic mass is 16.1. The SMILES string of the molecule is Cc1cc(/C=C(\C#N)C(N)=O)c(C)cc1/C=C(/C#N)C(N)=O. The Balaban J connectivity index is 3.42. The lowest BCUT2D eigenvalue weighted by Crippen LogP contribution is -2.13. The highest BCUT2D eigenvalue weighted by molar-refractivity contribution is 6.01. The summed E-state index contributed by atoms with van der Waals surface area (Å²) in [6.45, 7) is 3.55. The van der Waals surface area contributed by atoms with Gasteiger partial charge in [0, 0.05) is 0 Å². The number of primary amides is 2. The van der Waals surface area contributed by atoms with E-state index < -0.39 is 11.8 Å². The van der Waals surface area contributed by atoms with Crippen molar-refractivity contribution in [3.8, 4) is 12.1 Å². The Bertz CT molecular complexity index is 722. The third kappa shape index (κ3) is 3.81. The molecule has 1 aromatic carbocycles. The van der Waals surface area contributed by atoms with E-state index in [0.29, 0.717) is 11.1 Å². The highest BCUT2D eigenvalue weighted by Gasteiger charge is 2.09. The molecule has 0 saturated carbocycles. The van der Waals surface area contributed by atoms with Gasteiger partial charge in [-0.15, -0.1) is 0 Å². The fourth-order valence-corrected chi connectivity index (χ4v) is 1.80. The van der Waals surface area contributed by atoms with Crippen molar-refractivity contribution in [1.82, 2.24) is 0 Å². The van der Waals surface area contributed by atoms with Crippen molar-refractivity contribution >= 4 is 24.0 Å². The van der Waals surface area contributed by atoms with Crippen LogP contribution >= 0.6 is 0 Å². The molecule has 0 aliphatic heterocycles. The van der Waals surface area contributed by atoms with Crippen LogP contribution in [0.2, 0.25) is 0 Å². The molecule has 0 aliphatic rings. The molecule has 0 unspecified atom stereocenters. The molecule has 0 aliphatic carbocycles. The Morgan fingerprint density at radius 3 is 1.45 bits per heavy atom. The Hall–Kier alpha value is -3.38. The number of carbonyl (C=O) groups is 2. The smallest absolute Gasteiger partial charge is 0.259 e. The largest absolute Gasteiger partial charge is 0.365 e. The summed E-state index contributed by atoms with van der Waals surface area (Å²) in [6, 6.07) is 6.94. The minimum atomic E-state index is -0.802. The van der Waals surface area contributed by atoms with E-state index in [4.69, 9.17) is 22.0 Å². The number of aryl methyl sites for hydroxylation is 2. The maximum absolute atomic E-state index is 11.1. The average molecular weight is 294 g/mol. The van der Waals surface area contributed by atoms with Gasteiger partial charge in [0.05, 0.1) is 0 Å². The monoisotopic (exact) mass is 294 g/mol. The lowest BCUT2D eigenvalue weighted by Gasteiger charge is -2.07. The van der Waals surface area contributed by atoms with Gasteiger partial charge in [0.25, 0.3) is 11.8 Å². The van der Waals surface area contributed by atoms with Crippen LogP contribution in [0, 0.1) is 36.5 Å². The first-order valence-electron chi connectivity index (χ1n) is 6.24. The van der Waals surface area contributed by atoms with E-state index in [2.05, 4.69) is 0 Å². The first kappa shape index (κ1) is 16.7. The quantitative estimate of drug-likeness (QED) is 0.634. The highest BCUT2D eigenvalue weighted by Crippen LogP contribution is 2.21. The number of hydrogen-bond acceptors (Lipinski definition) is 4. The number of nitrogens with zero attached hydrogens (tertiary/aromatic N) is 2. The van der Waals surface area contributed by atoms with Crippen LogP contribution in [0.3, 0.4) is 0 Å². The van der Waals surface area contributed by atoms with Gasteiger partial charge in [0.15, 0.2) is 0 Å². The van der Waals surface area contributed by atoms with E-state index >= 15 is 0 Å². The molecule has 2 amide bonds. The van der Waals surface area contributed by atoms with Crippen LogP contribution in [0.1, 0.15) is 22.3 Å². The van der Waals surface area contributed by atoms with Crippen molar-refractivity contribution in [2.75, 3.05) is 0 Å². The lowest BCUT2D eigenvalue weighted by molar-refractivity contribution is -0.115. The molecule has 6 nitrogen and oxygen atoms in total. The molecule has 0 saturated heterocycles. The number of nitrogens with two attached hydrogens (primary N) is 2. The summed E-state index contributed by atoms with van der Waals surface area (Å²) in [5.74, 6) is -1.60. The van der Waals surface area contributed by atoms with Crippen molar-refractivity contribution in [2.24, 2.45) is 11.5 Å². The fourth-order valence-electron chi connectivity index (χ4n) is 1.80. The minimum absolute atomic E-state index is 0.152. The van der Waals surface area contributed by atoms with Gasteiger partial charge in [-0.1, -0.05) is 12.1 Å². The first-order valence-corrected chi connectivity index (χ1v) is 6.24. The molecule has 110 valence electrons. The molecule has 6 heteroatoms. The second kappa shape index (κ2) is 6.87. The molecular weight excluding hydrogens is 280 g/mol. The van der Waals surface area contributed by atoms with E-state index in [1.807, 2.05) is 0 Å². The minimum Gasteiger partial charge on any atom is -0.365 e. The molecule has 22 heavy (non-hydrogen) atoms. The normalized spacial score (nSPS) is 11.5. The van der Waals surface area contributed by atoms with Crippen LogP contribution in [0.5, 0.6) is 0 Å². The predicted octanol–water partition coefficient (Wildman–Crippen LogP) is 1.09. The van der Waals surface area contributed by atoms with Crippen LogP contribution in [0.25, 0.3) is 12.2 Å². The molecule has 0 atom stereocenters. The third-order valence-electron chi connectivity index (χ3n) is 3.03. The zero-order valence-corrected chi connectivity index (χ0v) is 12.2. The van der Waals surface area contributed by atoms with Crippen LogP contribution < -0.4 is 11.5 Å². The molecule has 1 aromatic rings. The van der Waals surface area contributed by atoms with Crippen molar-refractivity contribution in [2.45, 2.75) is 13.8 Å². The second-order valence-electron chi connectivity index (χ2n) is 4.63. The number of rotatable bonds is 4. The van der Waals surface area contributed by atoms with Gasteiger partial charge in [-0.3, -0.25) is 9.59 Å². The second-order valence-corrected chi connectivity index (χ2v) is 4.63. The van der Waals surface area contributed by atoms with E-state index in [0.717, 1.165) is 11.1 Å². The Kier molecular flexibility index (Phi) is 5.21. The van der Waals surface area contributed by atoms with Gasteiger partial charge in [-0.2, -0.15) is 10.5 Å². The molecular formula is C16H14N4O2. The Morgan fingerprint density at radius 2 is 1.23 bits per heavy atom. The number of nitriles is 2. The fraction of sp³-hybridized carbons (Fsp3) is 0.125. The van der Waals surface area contributed by atoms with Gasteiger partial charge >= 0.3 is 0 Å². The zero-order valence-electron chi connectivity index (χ0n) is 12.2. The first-order chi connectivity index (χ1) is 10.3. The molecule has 0 radical (unpaired) electrons. The number of hydrogen-bond donors (Lipinski definition) is 2. The lowest BCUT2D eigenvalue weighted by atomic mass is 9.97. The summed E-state index contributed by atoms with van der Waals surface area (Å²) in [4.78, 5) is 22.2. The number of carbonyl (C=O) groups excluding carboxylic acids is 2. The summed E-state index contributed by atoms with van der Waals surface area (Å²) in [7, 11) is 0. The van der Waals surface area contributed by atoms with Crippen LogP contribution in [-0.4, -0.2) is 11.8 Å². The van der Waals surface area contributed by atoms with E-state index in [9.17, 15) is 9.59 Å². The average Bonchev–Trinajstić information content (AvgIpc) is 2.45. The van der Waals surface area contributed by atoms with Gasteiger partial charge in [-0.25, -0.2) is 0 Å². The van der Waals surface area contributed by atoms with Crippen LogP contribution in [0.15, 0.2) is 23.3 Å². The Morgan fingerprint density at radius 1 is 0.909 bits per heavy atom. The Labute approximate surface area is 127 Å². The van der Waals surface area contributed by atoms with Gasteiger partial charge in [0.1, 0.15) is 23.3 Å². The molecule has 0 fully saturated rings. The maximum Gasteiger partial charge on any atom is 0.259 e. The van der Waals surface area contributed by atoms with Gasteiger partial charge < -0.3 is 11.5 Å². The summed E-state index contributed by atoms with van der Waals surface area (Å²) < 4.78 is 0. The van der Waals surface area contributed by atoms with Gasteiger partial charge in [0.2, 0.25) is 0 Å². The van der Waals surface area contributed by atoms with Crippen LogP contribution in [0.4, 0.5) is 0 Å².